The van der Waals surface area contributed by atoms with E-state index in [1.807, 2.05) is 13.8 Å². The maximum absolute atomic E-state index is 11.3. The average molecular weight is 655 g/mol. The normalized spacial score (nSPS) is 10.9. The summed E-state index contributed by atoms with van der Waals surface area (Å²) in [6, 6.07) is 12.7. The van der Waals surface area contributed by atoms with Crippen molar-refractivity contribution in [1.29, 1.82) is 0 Å². The first kappa shape index (κ1) is 38.8. The van der Waals surface area contributed by atoms with Crippen LogP contribution < -0.4 is 11.4 Å². The van der Waals surface area contributed by atoms with E-state index in [1.54, 1.807) is 38.1 Å². The number of nitrogens with two attached hydrogens (primary N) is 1. The molecule has 0 unspecified atom stereocenters. The summed E-state index contributed by atoms with van der Waals surface area (Å²) in [6.07, 6.45) is 0. The van der Waals surface area contributed by atoms with Crippen LogP contribution in [0.15, 0.2) is 58.3 Å². The summed E-state index contributed by atoms with van der Waals surface area (Å²) in [7, 11) is -5.98. The van der Waals surface area contributed by atoms with Crippen molar-refractivity contribution < 1.29 is 44.5 Å². The molecular weight excluding hydrogens is 617 g/mol. The van der Waals surface area contributed by atoms with Crippen molar-refractivity contribution in [3.8, 4) is 0 Å². The largest absolute Gasteiger partial charge is 0.465 e. The summed E-state index contributed by atoms with van der Waals surface area (Å²) in [4.78, 5) is 22.1. The summed E-state index contributed by atoms with van der Waals surface area (Å²) < 4.78 is 62.2. The molecule has 0 spiro atoms. The van der Waals surface area contributed by atoms with Gasteiger partial charge in [-0.25, -0.2) is 0 Å². The van der Waals surface area contributed by atoms with Gasteiger partial charge in [-0.2, -0.15) is 36.8 Å². The van der Waals surface area contributed by atoms with Gasteiger partial charge in [0.15, 0.2) is 0 Å². The first-order chi connectivity index (χ1) is 19.3. The standard InChI is InChI=1S/C10H18O4S2.C8H11NO3S.C7H9NO3S/c1-3-13-9(11)7-15-5-6-16-8-10(12)14-4-2;1-7-3-5-8(6-4-7)13(10,11)12-9-2;1-6-2-4-7(5-3-6)12(9,10)11-8/h3-8H2,1-2H3;3-6,9H,1-2H3;2-5H,8H2,1H3. The van der Waals surface area contributed by atoms with Crippen molar-refractivity contribution >= 4 is 55.7 Å². The second kappa shape index (κ2) is 21.5. The Morgan fingerprint density at radius 1 is 0.732 bits per heavy atom. The number of rotatable bonds is 14. The first-order valence-electron chi connectivity index (χ1n) is 12.2. The van der Waals surface area contributed by atoms with Gasteiger partial charge in [0.05, 0.1) is 34.5 Å². The molecule has 0 aliphatic heterocycles. The quantitative estimate of drug-likeness (QED) is 0.173. The van der Waals surface area contributed by atoms with Gasteiger partial charge in [-0.3, -0.25) is 9.59 Å². The Hall–Kier alpha value is -2.18. The maximum atomic E-state index is 11.3. The number of ether oxygens (including phenoxy) is 2. The summed E-state index contributed by atoms with van der Waals surface area (Å²) in [5.74, 6) is 6.67. The van der Waals surface area contributed by atoms with Gasteiger partial charge in [0.25, 0.3) is 0 Å². The minimum atomic E-state index is -3.74. The molecule has 41 heavy (non-hydrogen) atoms. The van der Waals surface area contributed by atoms with Crippen LogP contribution in [-0.4, -0.2) is 72.0 Å². The molecule has 2 aromatic carbocycles. The van der Waals surface area contributed by atoms with Gasteiger partial charge < -0.3 is 9.47 Å². The van der Waals surface area contributed by atoms with E-state index in [9.17, 15) is 26.4 Å². The number of nitrogens with one attached hydrogen (secondary N) is 1. The third kappa shape index (κ3) is 18.1. The van der Waals surface area contributed by atoms with Crippen molar-refractivity contribution in [2.45, 2.75) is 37.5 Å². The third-order valence-electron chi connectivity index (χ3n) is 4.36. The van der Waals surface area contributed by atoms with Crippen LogP contribution in [0.25, 0.3) is 0 Å². The van der Waals surface area contributed by atoms with Gasteiger partial charge in [-0.15, -0.1) is 23.5 Å². The van der Waals surface area contributed by atoms with Gasteiger partial charge in [0, 0.05) is 18.6 Å². The highest BCUT2D eigenvalue weighted by Gasteiger charge is 2.14. The predicted octanol–water partition coefficient (Wildman–Crippen LogP) is 2.99. The lowest BCUT2D eigenvalue weighted by molar-refractivity contribution is -0.140. The number of thioether (sulfide) groups is 2. The average Bonchev–Trinajstić information content (AvgIpc) is 2.92. The molecule has 3 N–H and O–H groups in total. The smallest absolute Gasteiger partial charge is 0.315 e. The Kier molecular flexibility index (Phi) is 20.4. The van der Waals surface area contributed by atoms with Gasteiger partial charge in [0.2, 0.25) is 0 Å². The van der Waals surface area contributed by atoms with Gasteiger partial charge >= 0.3 is 32.2 Å². The molecule has 2 aromatic rings. The number of esters is 2. The number of hydrogen-bond donors (Lipinski definition) is 2. The van der Waals surface area contributed by atoms with Crippen LogP contribution in [-0.2, 0) is 47.9 Å². The Bertz CT molecular complexity index is 1220. The van der Waals surface area contributed by atoms with E-state index in [-0.39, 0.29) is 21.7 Å². The molecule has 0 fully saturated rings. The SMILES string of the molecule is CCOC(=O)CSCCSCC(=O)OCC.CNOS(=O)(=O)c1ccc(C)cc1.Cc1ccc(S(=O)(=O)ON)cc1. The third-order valence-corrected chi connectivity index (χ3v) is 8.82. The molecule has 2 rings (SSSR count). The molecule has 0 bridgehead atoms. The van der Waals surface area contributed by atoms with Gasteiger partial charge in [-0.1, -0.05) is 35.4 Å². The Morgan fingerprint density at radius 2 is 1.10 bits per heavy atom. The van der Waals surface area contributed by atoms with Crippen LogP contribution >= 0.6 is 23.5 Å². The minimum absolute atomic E-state index is 0.0654. The molecule has 0 saturated carbocycles. The van der Waals surface area contributed by atoms with E-state index in [0.717, 1.165) is 22.6 Å². The number of carbonyl (C=O) groups excluding carboxylic acids is 2. The molecule has 0 amide bonds. The Balaban J connectivity index is 0.000000591. The summed E-state index contributed by atoms with van der Waals surface area (Å²) in [5.41, 5.74) is 4.11. The van der Waals surface area contributed by atoms with Crippen molar-refractivity contribution in [3.05, 3.63) is 59.7 Å². The fraction of sp³-hybridized carbons (Fsp3) is 0.440. The first-order valence-corrected chi connectivity index (χ1v) is 17.3. The lowest BCUT2D eigenvalue weighted by Gasteiger charge is -2.02. The van der Waals surface area contributed by atoms with Crippen LogP contribution in [0.4, 0.5) is 0 Å². The van der Waals surface area contributed by atoms with Crippen LogP contribution in [0, 0.1) is 13.8 Å². The van der Waals surface area contributed by atoms with Crippen LogP contribution in [0.3, 0.4) is 0 Å². The Morgan fingerprint density at radius 3 is 1.41 bits per heavy atom. The fourth-order valence-corrected chi connectivity index (χ4v) is 5.55. The van der Waals surface area contributed by atoms with E-state index in [0.29, 0.717) is 24.7 Å². The topological polar surface area (TPSA) is 177 Å². The second-order valence-corrected chi connectivity index (χ2v) is 13.0. The van der Waals surface area contributed by atoms with E-state index < -0.39 is 20.2 Å². The van der Waals surface area contributed by atoms with E-state index >= 15 is 0 Å². The molecular formula is C25H38N2O10S4. The zero-order chi connectivity index (χ0) is 31.3. The highest BCUT2D eigenvalue weighted by Crippen LogP contribution is 2.12. The predicted molar refractivity (Wildman–Crippen MR) is 160 cm³/mol. The summed E-state index contributed by atoms with van der Waals surface area (Å²) in [6.45, 7) is 8.18. The highest BCUT2D eigenvalue weighted by atomic mass is 32.2. The molecule has 0 aliphatic rings. The lowest BCUT2D eigenvalue weighted by Crippen LogP contribution is -2.15. The molecule has 16 heteroatoms. The second-order valence-electron chi connectivity index (χ2n) is 7.63. The summed E-state index contributed by atoms with van der Waals surface area (Å²) in [5, 5.41) is 0. The Labute approximate surface area is 251 Å². The van der Waals surface area contributed by atoms with Gasteiger partial charge in [0.1, 0.15) is 0 Å². The zero-order valence-electron chi connectivity index (χ0n) is 23.7. The van der Waals surface area contributed by atoms with Crippen LogP contribution in [0.5, 0.6) is 0 Å². The number of aryl methyl sites for hydroxylation is 2. The number of benzene rings is 2. The molecule has 0 heterocycles. The highest BCUT2D eigenvalue weighted by molar-refractivity contribution is 8.03. The van der Waals surface area contributed by atoms with Crippen LogP contribution in [0.1, 0.15) is 25.0 Å². The molecule has 0 atom stereocenters. The van der Waals surface area contributed by atoms with Gasteiger partial charge in [-0.05, 0) is 52.0 Å². The van der Waals surface area contributed by atoms with Crippen molar-refractivity contribution in [2.75, 3.05) is 43.3 Å². The lowest BCUT2D eigenvalue weighted by atomic mass is 10.2. The van der Waals surface area contributed by atoms with E-state index in [4.69, 9.17) is 9.47 Å². The fourth-order valence-electron chi connectivity index (χ4n) is 2.46. The zero-order valence-corrected chi connectivity index (χ0v) is 26.9. The monoisotopic (exact) mass is 654 g/mol. The molecule has 0 aromatic heterocycles. The molecule has 0 saturated heterocycles. The van der Waals surface area contributed by atoms with Crippen molar-refractivity contribution in [2.24, 2.45) is 5.90 Å². The van der Waals surface area contributed by atoms with Crippen LogP contribution in [0.2, 0.25) is 0 Å². The minimum Gasteiger partial charge on any atom is -0.465 e. The number of hydrogen-bond acceptors (Lipinski definition) is 14. The van der Waals surface area contributed by atoms with Crippen molar-refractivity contribution in [1.82, 2.24) is 5.48 Å². The molecule has 12 nitrogen and oxygen atoms in total. The van der Waals surface area contributed by atoms with E-state index in [1.165, 1.54) is 54.8 Å². The molecule has 0 radical (unpaired) electrons. The number of carbonyl (C=O) groups is 2. The number of hydroxylamine groups is 1. The molecule has 232 valence electrons. The maximum Gasteiger partial charge on any atom is 0.315 e. The summed E-state index contributed by atoms with van der Waals surface area (Å²) >= 11 is 3.04. The van der Waals surface area contributed by atoms with Crippen molar-refractivity contribution in [3.63, 3.8) is 0 Å². The van der Waals surface area contributed by atoms with E-state index in [2.05, 4.69) is 19.9 Å². The molecule has 0 aliphatic carbocycles.